The molecule has 0 aliphatic heterocycles. The van der Waals surface area contributed by atoms with Crippen molar-refractivity contribution in [2.24, 2.45) is 0 Å². The fourth-order valence-corrected chi connectivity index (χ4v) is 4.23. The number of nitrogens with one attached hydrogen (secondary N) is 3. The number of pyridine rings is 1. The lowest BCUT2D eigenvalue weighted by Gasteiger charge is -2.16. The number of amides is 1. The predicted octanol–water partition coefficient (Wildman–Crippen LogP) is 4.51. The van der Waals surface area contributed by atoms with Gasteiger partial charge in [-0.25, -0.2) is 18.7 Å². The number of hydrogen-bond acceptors (Lipinski definition) is 6. The van der Waals surface area contributed by atoms with Crippen LogP contribution in [-0.2, 0) is 6.54 Å². The molecule has 1 amide bonds. The number of halogens is 2. The Morgan fingerprint density at radius 3 is 2.59 bits per heavy atom. The Kier molecular flexibility index (Phi) is 7.13. The molecule has 198 valence electrons. The van der Waals surface area contributed by atoms with Crippen LogP contribution in [0.1, 0.15) is 35.1 Å². The summed E-state index contributed by atoms with van der Waals surface area (Å²) in [7, 11) is 0. The fourth-order valence-electron chi connectivity index (χ4n) is 4.23. The number of imidazole rings is 1. The van der Waals surface area contributed by atoms with Crippen molar-refractivity contribution in [1.29, 1.82) is 0 Å². The second kappa shape index (κ2) is 10.8. The van der Waals surface area contributed by atoms with Crippen molar-refractivity contribution >= 4 is 22.9 Å². The molecule has 0 bridgehead atoms. The molecular formula is C28H25F2N7O2. The zero-order valence-corrected chi connectivity index (χ0v) is 21.3. The van der Waals surface area contributed by atoms with Gasteiger partial charge >= 0.3 is 0 Å². The lowest BCUT2D eigenvalue weighted by molar-refractivity contribution is 0.0953. The van der Waals surface area contributed by atoms with E-state index in [1.165, 1.54) is 18.2 Å². The SMILES string of the molecule is CCCNC(=O)c1ccc(C)c(-c2nc(NCc3ncc[nH]3)nc3c2ccc(=O)n3-c2c(F)cccc2F)c1. The lowest BCUT2D eigenvalue weighted by Crippen LogP contribution is -2.24. The molecule has 0 saturated heterocycles. The smallest absolute Gasteiger partial charge is 0.256 e. The molecule has 9 nitrogen and oxygen atoms in total. The van der Waals surface area contributed by atoms with E-state index in [1.807, 2.05) is 13.8 Å². The van der Waals surface area contributed by atoms with Gasteiger partial charge in [0.2, 0.25) is 5.95 Å². The Balaban J connectivity index is 1.76. The number of H-pyrrole nitrogens is 1. The van der Waals surface area contributed by atoms with Crippen molar-refractivity contribution in [3.8, 4) is 16.9 Å². The first-order chi connectivity index (χ1) is 18.9. The summed E-state index contributed by atoms with van der Waals surface area (Å²) in [6.45, 7) is 4.57. The van der Waals surface area contributed by atoms with Gasteiger partial charge in [0.25, 0.3) is 11.5 Å². The quantitative estimate of drug-likeness (QED) is 0.272. The number of aromatic amines is 1. The number of aryl methyl sites for hydroxylation is 1. The Morgan fingerprint density at radius 2 is 1.87 bits per heavy atom. The highest BCUT2D eigenvalue weighted by Gasteiger charge is 2.21. The van der Waals surface area contributed by atoms with Crippen LogP contribution in [0.5, 0.6) is 0 Å². The van der Waals surface area contributed by atoms with Crippen molar-refractivity contribution in [3.63, 3.8) is 0 Å². The molecule has 0 atom stereocenters. The molecular weight excluding hydrogens is 504 g/mol. The molecule has 3 N–H and O–H groups in total. The van der Waals surface area contributed by atoms with Crippen molar-refractivity contribution in [2.45, 2.75) is 26.8 Å². The molecule has 5 rings (SSSR count). The number of hydrogen-bond donors (Lipinski definition) is 3. The molecule has 0 spiro atoms. The molecule has 0 saturated carbocycles. The van der Waals surface area contributed by atoms with E-state index >= 15 is 0 Å². The number of carbonyl (C=O) groups is 1. The summed E-state index contributed by atoms with van der Waals surface area (Å²) in [6.07, 6.45) is 4.05. The molecule has 11 heteroatoms. The number of fused-ring (bicyclic) bond motifs is 1. The molecule has 5 aromatic rings. The number of anilines is 1. The number of aromatic nitrogens is 5. The molecule has 2 aromatic carbocycles. The summed E-state index contributed by atoms with van der Waals surface area (Å²) in [6, 6.07) is 11.3. The molecule has 39 heavy (non-hydrogen) atoms. The van der Waals surface area contributed by atoms with Gasteiger partial charge in [0.1, 0.15) is 23.1 Å². The second-order valence-electron chi connectivity index (χ2n) is 8.89. The lowest BCUT2D eigenvalue weighted by atomic mass is 9.99. The van der Waals surface area contributed by atoms with E-state index in [1.54, 1.807) is 30.6 Å². The van der Waals surface area contributed by atoms with E-state index in [2.05, 4.69) is 25.6 Å². The van der Waals surface area contributed by atoms with Crippen molar-refractivity contribution in [2.75, 3.05) is 11.9 Å². The highest BCUT2D eigenvalue weighted by molar-refractivity contribution is 5.98. The first-order valence-electron chi connectivity index (χ1n) is 12.4. The number of benzene rings is 2. The Hall–Kier alpha value is -4.93. The van der Waals surface area contributed by atoms with Gasteiger partial charge in [-0.3, -0.25) is 14.2 Å². The van der Waals surface area contributed by atoms with Gasteiger partial charge in [-0.2, -0.15) is 4.98 Å². The minimum absolute atomic E-state index is 0.00122. The maximum atomic E-state index is 14.9. The van der Waals surface area contributed by atoms with E-state index in [9.17, 15) is 18.4 Å². The summed E-state index contributed by atoms with van der Waals surface area (Å²) in [5, 5.41) is 6.29. The topological polar surface area (TPSA) is 118 Å². The van der Waals surface area contributed by atoms with Crippen LogP contribution in [0.3, 0.4) is 0 Å². The van der Waals surface area contributed by atoms with E-state index < -0.39 is 22.9 Å². The van der Waals surface area contributed by atoms with Crippen LogP contribution >= 0.6 is 0 Å². The van der Waals surface area contributed by atoms with Crippen LogP contribution in [0.15, 0.2) is 65.7 Å². The van der Waals surface area contributed by atoms with E-state index in [0.717, 1.165) is 28.7 Å². The summed E-state index contributed by atoms with van der Waals surface area (Å²) in [5.74, 6) is -1.36. The second-order valence-corrected chi connectivity index (χ2v) is 8.89. The number of rotatable bonds is 8. The van der Waals surface area contributed by atoms with Gasteiger partial charge in [-0.15, -0.1) is 0 Å². The zero-order chi connectivity index (χ0) is 27.5. The van der Waals surface area contributed by atoms with Crippen LogP contribution < -0.4 is 16.2 Å². The highest BCUT2D eigenvalue weighted by Crippen LogP contribution is 2.31. The van der Waals surface area contributed by atoms with Gasteiger partial charge in [-0.05, 0) is 49.2 Å². The Labute approximate surface area is 222 Å². The van der Waals surface area contributed by atoms with E-state index in [-0.39, 0.29) is 24.0 Å². The third kappa shape index (κ3) is 5.11. The average Bonchev–Trinajstić information content (AvgIpc) is 3.45. The van der Waals surface area contributed by atoms with Gasteiger partial charge in [-0.1, -0.05) is 19.1 Å². The summed E-state index contributed by atoms with van der Waals surface area (Å²) in [4.78, 5) is 42.1. The summed E-state index contributed by atoms with van der Waals surface area (Å²) >= 11 is 0. The number of para-hydroxylation sites is 1. The summed E-state index contributed by atoms with van der Waals surface area (Å²) < 4.78 is 30.7. The van der Waals surface area contributed by atoms with Crippen molar-refractivity contribution in [1.82, 2.24) is 29.8 Å². The molecule has 3 aromatic heterocycles. The van der Waals surface area contributed by atoms with Gasteiger partial charge in [0.15, 0.2) is 5.65 Å². The largest absolute Gasteiger partial charge is 0.352 e. The van der Waals surface area contributed by atoms with Gasteiger partial charge in [0, 0.05) is 41.5 Å². The molecule has 0 radical (unpaired) electrons. The van der Waals surface area contributed by atoms with Crippen LogP contribution in [0.4, 0.5) is 14.7 Å². The Morgan fingerprint density at radius 1 is 1.08 bits per heavy atom. The molecule has 3 heterocycles. The maximum absolute atomic E-state index is 14.9. The average molecular weight is 530 g/mol. The predicted molar refractivity (Wildman–Crippen MR) is 144 cm³/mol. The van der Waals surface area contributed by atoms with Crippen LogP contribution in [-0.4, -0.2) is 37.0 Å². The number of carbonyl (C=O) groups excluding carboxylic acids is 1. The Bertz CT molecular complexity index is 1710. The first kappa shape index (κ1) is 25.7. The maximum Gasteiger partial charge on any atom is 0.256 e. The first-order valence-corrected chi connectivity index (χ1v) is 12.4. The van der Waals surface area contributed by atoms with E-state index in [0.29, 0.717) is 34.6 Å². The number of nitrogens with zero attached hydrogens (tertiary/aromatic N) is 4. The monoisotopic (exact) mass is 529 g/mol. The molecule has 0 aliphatic carbocycles. The van der Waals surface area contributed by atoms with Gasteiger partial charge in [0.05, 0.1) is 12.2 Å². The zero-order valence-electron chi connectivity index (χ0n) is 21.3. The fraction of sp³-hybridized carbons (Fsp3) is 0.179. The van der Waals surface area contributed by atoms with Crippen LogP contribution in [0, 0.1) is 18.6 Å². The molecule has 0 fully saturated rings. The third-order valence-corrected chi connectivity index (χ3v) is 6.17. The van der Waals surface area contributed by atoms with Crippen molar-refractivity contribution in [3.05, 3.63) is 99.9 Å². The van der Waals surface area contributed by atoms with Crippen LogP contribution in [0.2, 0.25) is 0 Å². The minimum atomic E-state index is -0.916. The normalized spacial score (nSPS) is 11.1. The highest BCUT2D eigenvalue weighted by atomic mass is 19.1. The van der Waals surface area contributed by atoms with E-state index in [4.69, 9.17) is 4.98 Å². The summed E-state index contributed by atoms with van der Waals surface area (Å²) in [5.41, 5.74) is 1.00. The van der Waals surface area contributed by atoms with Gasteiger partial charge < -0.3 is 15.6 Å². The van der Waals surface area contributed by atoms with Crippen LogP contribution in [0.25, 0.3) is 28.0 Å². The molecule has 0 unspecified atom stereocenters. The molecule has 0 aliphatic rings. The van der Waals surface area contributed by atoms with Crippen molar-refractivity contribution < 1.29 is 13.6 Å². The standard InChI is InChI=1S/C28H25F2N7O2/c1-3-11-33-27(39)17-8-7-16(2)19(14-17)24-18-9-10-23(38)37(25-20(29)5-4-6-21(25)30)26(18)36-28(35-24)34-15-22-31-12-13-32-22/h4-10,12-14H,3,11,15H2,1-2H3,(H,31,32)(H,33,39)(H,34,35,36). The third-order valence-electron chi connectivity index (χ3n) is 6.17. The minimum Gasteiger partial charge on any atom is -0.352 e.